The van der Waals surface area contributed by atoms with Crippen LogP contribution in [0.4, 0.5) is 10.1 Å². The van der Waals surface area contributed by atoms with Gasteiger partial charge in [-0.1, -0.05) is 24.6 Å². The van der Waals surface area contributed by atoms with Gasteiger partial charge >= 0.3 is 0 Å². The molecule has 0 aliphatic carbocycles. The van der Waals surface area contributed by atoms with Crippen LogP contribution in [0.1, 0.15) is 28.6 Å². The van der Waals surface area contributed by atoms with E-state index in [1.807, 2.05) is 13.0 Å². The van der Waals surface area contributed by atoms with Crippen molar-refractivity contribution in [2.75, 3.05) is 11.9 Å². The predicted octanol–water partition coefficient (Wildman–Crippen LogP) is 4.29. The van der Waals surface area contributed by atoms with Crippen LogP contribution in [0.3, 0.4) is 0 Å². The van der Waals surface area contributed by atoms with Crippen molar-refractivity contribution in [3.05, 3.63) is 50.9 Å². The van der Waals surface area contributed by atoms with E-state index in [1.54, 1.807) is 12.1 Å². The molecule has 3 nitrogen and oxygen atoms in total. The third-order valence-corrected chi connectivity index (χ3v) is 4.09. The smallest absolute Gasteiger partial charge is 0.253 e. The Morgan fingerprint density at radius 2 is 2.14 bits per heavy atom. The molecular formula is C15H16ClFN2OS. The largest absolute Gasteiger partial charge is 0.382 e. The number of rotatable bonds is 6. The molecule has 0 bridgehead atoms. The first-order chi connectivity index (χ1) is 10.1. The molecule has 0 saturated carbocycles. The standard InChI is InChI=1S/C15H16ClFN2OS/c1-2-8-18-14-11(4-3-5-12(14)17)15(20)19-9-10-6-7-13(16)21-10/h3-7,18H,2,8-9H2,1H3,(H,19,20). The quantitative estimate of drug-likeness (QED) is 0.831. The summed E-state index contributed by atoms with van der Waals surface area (Å²) in [5.74, 6) is -0.729. The van der Waals surface area contributed by atoms with Gasteiger partial charge in [0, 0.05) is 11.4 Å². The maximum atomic E-state index is 13.8. The minimum Gasteiger partial charge on any atom is -0.382 e. The van der Waals surface area contributed by atoms with E-state index in [1.165, 1.54) is 23.5 Å². The van der Waals surface area contributed by atoms with Gasteiger partial charge < -0.3 is 10.6 Å². The first-order valence-corrected chi connectivity index (χ1v) is 7.86. The van der Waals surface area contributed by atoms with Crippen LogP contribution in [0, 0.1) is 5.82 Å². The molecule has 0 fully saturated rings. The summed E-state index contributed by atoms with van der Waals surface area (Å²) >= 11 is 7.25. The normalized spacial score (nSPS) is 10.4. The van der Waals surface area contributed by atoms with E-state index in [0.29, 0.717) is 23.0 Å². The number of carbonyl (C=O) groups excluding carboxylic acids is 1. The average Bonchev–Trinajstić information content (AvgIpc) is 2.89. The Morgan fingerprint density at radius 3 is 2.81 bits per heavy atom. The molecule has 1 amide bonds. The van der Waals surface area contributed by atoms with Crippen LogP contribution in [-0.2, 0) is 6.54 Å². The van der Waals surface area contributed by atoms with E-state index in [9.17, 15) is 9.18 Å². The number of thiophene rings is 1. The highest BCUT2D eigenvalue weighted by Gasteiger charge is 2.14. The summed E-state index contributed by atoms with van der Waals surface area (Å²) in [5, 5.41) is 5.74. The SMILES string of the molecule is CCCNc1c(F)cccc1C(=O)NCc1ccc(Cl)s1. The first kappa shape index (κ1) is 15.8. The van der Waals surface area contributed by atoms with Crippen molar-refractivity contribution in [2.24, 2.45) is 0 Å². The number of hydrogen-bond donors (Lipinski definition) is 2. The number of halogens is 2. The fourth-order valence-corrected chi connectivity index (χ4v) is 2.88. The molecule has 112 valence electrons. The third-order valence-electron chi connectivity index (χ3n) is 2.86. The van der Waals surface area contributed by atoms with E-state index >= 15 is 0 Å². The molecule has 0 aliphatic rings. The summed E-state index contributed by atoms with van der Waals surface area (Å²) in [6.45, 7) is 2.97. The molecule has 1 heterocycles. The van der Waals surface area contributed by atoms with E-state index in [-0.39, 0.29) is 11.6 Å². The molecule has 0 aliphatic heterocycles. The van der Waals surface area contributed by atoms with Gasteiger partial charge in [0.25, 0.3) is 5.91 Å². The number of anilines is 1. The Bertz CT molecular complexity index is 630. The van der Waals surface area contributed by atoms with Crippen molar-refractivity contribution in [1.82, 2.24) is 5.32 Å². The van der Waals surface area contributed by atoms with Crippen LogP contribution in [0.15, 0.2) is 30.3 Å². The summed E-state index contributed by atoms with van der Waals surface area (Å²) in [5.41, 5.74) is 0.562. The highest BCUT2D eigenvalue weighted by atomic mass is 35.5. The number of benzene rings is 1. The topological polar surface area (TPSA) is 41.1 Å². The Balaban J connectivity index is 2.09. The third kappa shape index (κ3) is 4.19. The van der Waals surface area contributed by atoms with Crippen molar-refractivity contribution < 1.29 is 9.18 Å². The van der Waals surface area contributed by atoms with Gasteiger partial charge in [-0.05, 0) is 30.7 Å². The van der Waals surface area contributed by atoms with Gasteiger partial charge in [-0.2, -0.15) is 0 Å². The molecule has 0 saturated heterocycles. The van der Waals surface area contributed by atoms with Gasteiger partial charge in [-0.25, -0.2) is 4.39 Å². The van der Waals surface area contributed by atoms with Gasteiger partial charge in [0.2, 0.25) is 0 Å². The minimum absolute atomic E-state index is 0.251. The molecule has 2 rings (SSSR count). The Kier molecular flexibility index (Phi) is 5.59. The molecule has 2 N–H and O–H groups in total. The van der Waals surface area contributed by atoms with Crippen LogP contribution in [0.2, 0.25) is 4.34 Å². The summed E-state index contributed by atoms with van der Waals surface area (Å²) in [6.07, 6.45) is 0.850. The molecule has 0 spiro atoms. The molecule has 6 heteroatoms. The lowest BCUT2D eigenvalue weighted by molar-refractivity contribution is 0.0951. The second kappa shape index (κ2) is 7.43. The van der Waals surface area contributed by atoms with Gasteiger partial charge in [0.1, 0.15) is 5.82 Å². The van der Waals surface area contributed by atoms with Crippen molar-refractivity contribution >= 4 is 34.5 Å². The molecular weight excluding hydrogens is 311 g/mol. The Labute approximate surface area is 132 Å². The molecule has 1 aromatic carbocycles. The van der Waals surface area contributed by atoms with Crippen LogP contribution in [-0.4, -0.2) is 12.5 Å². The van der Waals surface area contributed by atoms with Crippen molar-refractivity contribution in [2.45, 2.75) is 19.9 Å². The number of amides is 1. The summed E-state index contributed by atoms with van der Waals surface area (Å²) in [4.78, 5) is 13.2. The van der Waals surface area contributed by atoms with Crippen LogP contribution >= 0.6 is 22.9 Å². The fourth-order valence-electron chi connectivity index (χ4n) is 1.85. The van der Waals surface area contributed by atoms with Crippen LogP contribution in [0.25, 0.3) is 0 Å². The molecule has 21 heavy (non-hydrogen) atoms. The zero-order valence-corrected chi connectivity index (χ0v) is 13.2. The van der Waals surface area contributed by atoms with E-state index in [2.05, 4.69) is 10.6 Å². The molecule has 0 radical (unpaired) electrons. The zero-order valence-electron chi connectivity index (χ0n) is 11.6. The average molecular weight is 327 g/mol. The number of nitrogens with one attached hydrogen (secondary N) is 2. The number of hydrogen-bond acceptors (Lipinski definition) is 3. The minimum atomic E-state index is -0.421. The zero-order chi connectivity index (χ0) is 15.2. The lowest BCUT2D eigenvalue weighted by Crippen LogP contribution is -2.24. The molecule has 0 atom stereocenters. The maximum absolute atomic E-state index is 13.8. The van der Waals surface area contributed by atoms with Gasteiger partial charge in [0.15, 0.2) is 0 Å². The lowest BCUT2D eigenvalue weighted by atomic mass is 10.1. The van der Waals surface area contributed by atoms with Gasteiger partial charge in [-0.3, -0.25) is 4.79 Å². The Hall–Kier alpha value is -1.59. The molecule has 2 aromatic rings. The first-order valence-electron chi connectivity index (χ1n) is 6.66. The number of para-hydroxylation sites is 1. The molecule has 1 aromatic heterocycles. The van der Waals surface area contributed by atoms with Crippen molar-refractivity contribution in [1.29, 1.82) is 0 Å². The van der Waals surface area contributed by atoms with E-state index in [0.717, 1.165) is 11.3 Å². The number of carbonyl (C=O) groups is 1. The molecule has 0 unspecified atom stereocenters. The second-order valence-corrected chi connectivity index (χ2v) is 6.28. The van der Waals surface area contributed by atoms with Crippen molar-refractivity contribution in [3.63, 3.8) is 0 Å². The summed E-state index contributed by atoms with van der Waals surface area (Å²) < 4.78 is 14.5. The van der Waals surface area contributed by atoms with Crippen LogP contribution < -0.4 is 10.6 Å². The summed E-state index contributed by atoms with van der Waals surface area (Å²) in [7, 11) is 0. The van der Waals surface area contributed by atoms with Gasteiger partial charge in [0.05, 0.1) is 22.1 Å². The van der Waals surface area contributed by atoms with E-state index < -0.39 is 5.82 Å². The van der Waals surface area contributed by atoms with E-state index in [4.69, 9.17) is 11.6 Å². The highest BCUT2D eigenvalue weighted by molar-refractivity contribution is 7.16. The lowest BCUT2D eigenvalue weighted by Gasteiger charge is -2.12. The van der Waals surface area contributed by atoms with Crippen LogP contribution in [0.5, 0.6) is 0 Å². The monoisotopic (exact) mass is 326 g/mol. The predicted molar refractivity (Wildman–Crippen MR) is 85.7 cm³/mol. The Morgan fingerprint density at radius 1 is 1.33 bits per heavy atom. The maximum Gasteiger partial charge on any atom is 0.253 e. The van der Waals surface area contributed by atoms with Crippen molar-refractivity contribution in [3.8, 4) is 0 Å². The second-order valence-electron chi connectivity index (χ2n) is 4.48. The fraction of sp³-hybridized carbons (Fsp3) is 0.267. The van der Waals surface area contributed by atoms with Gasteiger partial charge in [-0.15, -0.1) is 11.3 Å². The summed E-state index contributed by atoms with van der Waals surface area (Å²) in [6, 6.07) is 8.12. The highest BCUT2D eigenvalue weighted by Crippen LogP contribution is 2.22.